The molecule has 1 saturated heterocycles. The molecule has 4 rings (SSSR count). The molecule has 1 amide bonds. The molecule has 1 N–H and O–H groups in total. The van der Waals surface area contributed by atoms with Crippen molar-refractivity contribution in [2.75, 3.05) is 18.4 Å². The van der Waals surface area contributed by atoms with Crippen LogP contribution in [0.15, 0.2) is 33.9 Å². The van der Waals surface area contributed by atoms with Gasteiger partial charge >= 0.3 is 0 Å². The molecule has 1 aromatic carbocycles. The van der Waals surface area contributed by atoms with Crippen molar-refractivity contribution >= 4 is 54.0 Å². The highest BCUT2D eigenvalue weighted by Gasteiger charge is 2.34. The summed E-state index contributed by atoms with van der Waals surface area (Å²) in [6.45, 7) is 4.68. The monoisotopic (exact) mass is 435 g/mol. The van der Waals surface area contributed by atoms with Crippen LogP contribution >= 0.6 is 22.7 Å². The van der Waals surface area contributed by atoms with E-state index in [9.17, 15) is 13.2 Å². The third-order valence-electron chi connectivity index (χ3n) is 5.02. The molecular weight excluding hydrogens is 414 g/mol. The first-order valence-corrected chi connectivity index (χ1v) is 12.2. The maximum absolute atomic E-state index is 12.8. The van der Waals surface area contributed by atoms with Gasteiger partial charge in [0.05, 0.1) is 16.1 Å². The fourth-order valence-corrected chi connectivity index (χ4v) is 7.12. The number of hydrogen-bond acceptors (Lipinski definition) is 6. The second-order valence-corrected chi connectivity index (χ2v) is 11.1. The van der Waals surface area contributed by atoms with Crippen molar-refractivity contribution in [3.8, 4) is 0 Å². The van der Waals surface area contributed by atoms with Crippen LogP contribution in [0.4, 0.5) is 5.13 Å². The predicted molar refractivity (Wildman–Crippen MR) is 114 cm³/mol. The fraction of sp³-hybridized carbons (Fsp3) is 0.368. The zero-order chi connectivity index (χ0) is 19.9. The molecule has 3 heterocycles. The number of rotatable bonds is 4. The Balaban J connectivity index is 1.51. The molecule has 28 heavy (non-hydrogen) atoms. The molecule has 3 aromatic rings. The molecule has 2 aromatic heterocycles. The molecule has 0 aliphatic carbocycles. The van der Waals surface area contributed by atoms with Gasteiger partial charge in [0.25, 0.3) is 10.0 Å². The van der Waals surface area contributed by atoms with Gasteiger partial charge in [-0.15, -0.1) is 11.3 Å². The first-order chi connectivity index (χ1) is 13.4. The first-order valence-electron chi connectivity index (χ1n) is 9.07. The van der Waals surface area contributed by atoms with E-state index in [1.807, 2.05) is 19.9 Å². The molecule has 0 radical (unpaired) electrons. The Bertz CT molecular complexity index is 1080. The van der Waals surface area contributed by atoms with Crippen LogP contribution in [0.5, 0.6) is 0 Å². The third-order valence-corrected chi connectivity index (χ3v) is 9.36. The summed E-state index contributed by atoms with van der Waals surface area (Å²) in [5.74, 6) is -0.543. The number of aryl methyl sites for hydroxylation is 2. The number of thiophene rings is 1. The van der Waals surface area contributed by atoms with E-state index in [0.717, 1.165) is 21.3 Å². The largest absolute Gasteiger partial charge is 0.302 e. The van der Waals surface area contributed by atoms with E-state index in [2.05, 4.69) is 16.4 Å². The van der Waals surface area contributed by atoms with Crippen LogP contribution in [0.3, 0.4) is 0 Å². The number of aromatic nitrogens is 1. The van der Waals surface area contributed by atoms with Gasteiger partial charge in [0.15, 0.2) is 5.13 Å². The van der Waals surface area contributed by atoms with Gasteiger partial charge in [0.2, 0.25) is 5.91 Å². The summed E-state index contributed by atoms with van der Waals surface area (Å²) in [6, 6.07) is 7.41. The number of carbonyl (C=O) groups is 1. The normalized spacial score (nSPS) is 18.4. The number of piperidine rings is 1. The second kappa shape index (κ2) is 7.55. The van der Waals surface area contributed by atoms with Crippen molar-refractivity contribution in [1.29, 1.82) is 0 Å². The topological polar surface area (TPSA) is 79.4 Å². The Morgan fingerprint density at radius 2 is 2.04 bits per heavy atom. The zero-order valence-corrected chi connectivity index (χ0v) is 18.1. The summed E-state index contributed by atoms with van der Waals surface area (Å²) in [6.07, 6.45) is 1.34. The molecule has 1 aliphatic rings. The highest BCUT2D eigenvalue weighted by molar-refractivity contribution is 7.91. The van der Waals surface area contributed by atoms with Gasteiger partial charge in [-0.25, -0.2) is 13.4 Å². The molecule has 1 aliphatic heterocycles. The second-order valence-electron chi connectivity index (χ2n) is 7.02. The summed E-state index contributed by atoms with van der Waals surface area (Å²) < 4.78 is 28.3. The first kappa shape index (κ1) is 19.5. The van der Waals surface area contributed by atoms with Gasteiger partial charge in [-0.1, -0.05) is 29.5 Å². The number of hydrogen-bond donors (Lipinski definition) is 1. The summed E-state index contributed by atoms with van der Waals surface area (Å²) in [5, 5.41) is 5.23. The Kier molecular flexibility index (Phi) is 5.26. The van der Waals surface area contributed by atoms with Crippen molar-refractivity contribution in [1.82, 2.24) is 9.29 Å². The van der Waals surface area contributed by atoms with Gasteiger partial charge in [-0.3, -0.25) is 4.79 Å². The third kappa shape index (κ3) is 3.59. The summed E-state index contributed by atoms with van der Waals surface area (Å²) >= 11 is 2.66. The predicted octanol–water partition coefficient (Wildman–Crippen LogP) is 4.01. The van der Waals surface area contributed by atoms with Gasteiger partial charge in [-0.2, -0.15) is 4.31 Å². The highest BCUT2D eigenvalue weighted by atomic mass is 32.2. The van der Waals surface area contributed by atoms with Crippen molar-refractivity contribution in [3.05, 3.63) is 40.8 Å². The van der Waals surface area contributed by atoms with Crippen molar-refractivity contribution in [2.24, 2.45) is 5.92 Å². The minimum Gasteiger partial charge on any atom is -0.302 e. The summed E-state index contributed by atoms with van der Waals surface area (Å²) in [5.41, 5.74) is 3.11. The molecule has 9 heteroatoms. The van der Waals surface area contributed by atoms with Gasteiger partial charge in [-0.05, 0) is 49.3 Å². The van der Waals surface area contributed by atoms with E-state index in [0.29, 0.717) is 28.7 Å². The van der Waals surface area contributed by atoms with E-state index >= 15 is 0 Å². The van der Waals surface area contributed by atoms with Crippen LogP contribution in [-0.4, -0.2) is 36.7 Å². The maximum Gasteiger partial charge on any atom is 0.252 e. The van der Waals surface area contributed by atoms with E-state index < -0.39 is 10.0 Å². The number of anilines is 1. The van der Waals surface area contributed by atoms with Gasteiger partial charge in [0, 0.05) is 13.1 Å². The molecule has 1 unspecified atom stereocenters. The van der Waals surface area contributed by atoms with Crippen LogP contribution in [0.2, 0.25) is 0 Å². The summed E-state index contributed by atoms with van der Waals surface area (Å²) in [4.78, 5) is 17.4. The minimum absolute atomic E-state index is 0.166. The lowest BCUT2D eigenvalue weighted by atomic mass is 9.99. The van der Waals surface area contributed by atoms with E-state index in [-0.39, 0.29) is 18.4 Å². The molecular formula is C19H21N3O3S3. The number of carbonyl (C=O) groups excluding carboxylic acids is 1. The molecule has 0 saturated carbocycles. The number of amides is 1. The Morgan fingerprint density at radius 3 is 2.75 bits per heavy atom. The number of benzene rings is 1. The van der Waals surface area contributed by atoms with Crippen LogP contribution in [0.25, 0.3) is 10.2 Å². The molecule has 1 fully saturated rings. The number of fused-ring (bicyclic) bond motifs is 1. The van der Waals surface area contributed by atoms with Crippen molar-refractivity contribution in [3.63, 3.8) is 0 Å². The fourth-order valence-electron chi connectivity index (χ4n) is 3.43. The molecule has 1 atom stereocenters. The Morgan fingerprint density at radius 1 is 1.25 bits per heavy atom. The van der Waals surface area contributed by atoms with Crippen molar-refractivity contribution in [2.45, 2.75) is 30.9 Å². The molecule has 0 bridgehead atoms. The van der Waals surface area contributed by atoms with Crippen molar-refractivity contribution < 1.29 is 13.2 Å². The molecule has 148 valence electrons. The lowest BCUT2D eigenvalue weighted by Crippen LogP contribution is -2.43. The zero-order valence-electron chi connectivity index (χ0n) is 15.6. The number of nitrogens with one attached hydrogen (secondary N) is 1. The number of sulfonamides is 1. The number of thiazole rings is 1. The van der Waals surface area contributed by atoms with Crippen LogP contribution in [0.1, 0.15) is 24.0 Å². The standard InChI is InChI=1S/C19H21N3O3S3/c1-12-7-8-13(2)17-16(12)20-19(27-17)21-18(23)14-5-3-9-22(11-14)28(24,25)15-6-4-10-26-15/h4,6-8,10,14H,3,5,9,11H2,1-2H3,(H,20,21,23). The molecule has 6 nitrogen and oxygen atoms in total. The minimum atomic E-state index is -3.53. The van der Waals surface area contributed by atoms with Crippen LogP contribution < -0.4 is 5.32 Å². The summed E-state index contributed by atoms with van der Waals surface area (Å²) in [7, 11) is -3.53. The van der Waals surface area contributed by atoms with Gasteiger partial charge in [0.1, 0.15) is 4.21 Å². The average Bonchev–Trinajstić information content (AvgIpc) is 3.36. The van der Waals surface area contributed by atoms with Crippen LogP contribution in [-0.2, 0) is 14.8 Å². The lowest BCUT2D eigenvalue weighted by Gasteiger charge is -2.30. The Labute approximate surface area is 172 Å². The maximum atomic E-state index is 12.8. The smallest absolute Gasteiger partial charge is 0.252 e. The van der Waals surface area contributed by atoms with Gasteiger partial charge < -0.3 is 5.32 Å². The van der Waals surface area contributed by atoms with E-state index in [4.69, 9.17) is 0 Å². The average molecular weight is 436 g/mol. The Hall–Kier alpha value is -1.81. The lowest BCUT2D eigenvalue weighted by molar-refractivity contribution is -0.120. The van der Waals surface area contributed by atoms with E-state index in [1.165, 1.54) is 27.0 Å². The number of nitrogens with zero attached hydrogens (tertiary/aromatic N) is 2. The molecule has 0 spiro atoms. The van der Waals surface area contributed by atoms with E-state index in [1.54, 1.807) is 17.5 Å². The SMILES string of the molecule is Cc1ccc(C)c2sc(NC(=O)C3CCCN(S(=O)(=O)c4cccs4)C3)nc12. The van der Waals surface area contributed by atoms with Crippen LogP contribution in [0, 0.1) is 19.8 Å². The highest BCUT2D eigenvalue weighted by Crippen LogP contribution is 2.32. The quantitative estimate of drug-likeness (QED) is 0.671.